The Balaban J connectivity index is 1.64. The number of furan rings is 1. The summed E-state index contributed by atoms with van der Waals surface area (Å²) >= 11 is 0. The summed E-state index contributed by atoms with van der Waals surface area (Å²) in [6.07, 6.45) is 8.66. The molecule has 4 nitrogen and oxygen atoms in total. The highest BCUT2D eigenvalue weighted by Gasteiger charge is 2.38. The molecule has 3 rings (SSSR count). The zero-order chi connectivity index (χ0) is 13.3. The molecule has 2 N–H and O–H groups in total. The van der Waals surface area contributed by atoms with Crippen LogP contribution in [0.3, 0.4) is 0 Å². The Morgan fingerprint density at radius 2 is 2.16 bits per heavy atom. The summed E-state index contributed by atoms with van der Waals surface area (Å²) in [5, 5.41) is 0. The van der Waals surface area contributed by atoms with Crippen molar-refractivity contribution in [3.63, 3.8) is 0 Å². The van der Waals surface area contributed by atoms with Crippen molar-refractivity contribution in [1.82, 2.24) is 4.90 Å². The summed E-state index contributed by atoms with van der Waals surface area (Å²) in [6.45, 7) is 0.590. The summed E-state index contributed by atoms with van der Waals surface area (Å²) in [7, 11) is 0. The number of hydrogen-bond donors (Lipinski definition) is 1. The molecule has 0 aromatic carbocycles. The third-order valence-corrected chi connectivity index (χ3v) is 4.32. The summed E-state index contributed by atoms with van der Waals surface area (Å²) in [5.74, 6) is 1.06. The average Bonchev–Trinajstić information content (AvgIpc) is 2.91. The molecule has 2 aliphatic rings. The maximum Gasteiger partial charge on any atom is 0.225 e. The standard InChI is InChI=1S/C15H22N2O2/c16-15(7-1-2-8-15)10-14(18)17(12-5-6-12)11-13-4-3-9-19-13/h3-4,9,12H,1-2,5-8,10-11,16H2. The second kappa shape index (κ2) is 5.00. The molecule has 0 bridgehead atoms. The SMILES string of the molecule is NC1(CC(=O)N(Cc2ccco2)C2CC2)CCCC1. The lowest BCUT2D eigenvalue weighted by Gasteiger charge is -2.28. The monoisotopic (exact) mass is 262 g/mol. The van der Waals surface area contributed by atoms with Crippen LogP contribution in [-0.4, -0.2) is 22.4 Å². The van der Waals surface area contributed by atoms with E-state index in [2.05, 4.69) is 0 Å². The minimum atomic E-state index is -0.257. The van der Waals surface area contributed by atoms with Crippen LogP contribution in [0, 0.1) is 0 Å². The zero-order valence-electron chi connectivity index (χ0n) is 11.3. The van der Waals surface area contributed by atoms with E-state index in [1.54, 1.807) is 6.26 Å². The molecule has 0 atom stereocenters. The minimum absolute atomic E-state index is 0.198. The molecule has 0 radical (unpaired) electrons. The zero-order valence-corrected chi connectivity index (χ0v) is 11.3. The second-order valence-electron chi connectivity index (χ2n) is 6.08. The summed E-state index contributed by atoms with van der Waals surface area (Å²) in [6, 6.07) is 4.20. The predicted molar refractivity (Wildman–Crippen MR) is 72.3 cm³/mol. The highest BCUT2D eigenvalue weighted by atomic mass is 16.3. The highest BCUT2D eigenvalue weighted by Crippen LogP contribution is 2.34. The third kappa shape index (κ3) is 3.00. The van der Waals surface area contributed by atoms with Crippen LogP contribution in [-0.2, 0) is 11.3 Å². The minimum Gasteiger partial charge on any atom is -0.467 e. The number of nitrogens with zero attached hydrogens (tertiary/aromatic N) is 1. The van der Waals surface area contributed by atoms with Crippen LogP contribution in [0.2, 0.25) is 0 Å². The molecular formula is C15H22N2O2. The number of nitrogens with two attached hydrogens (primary N) is 1. The van der Waals surface area contributed by atoms with Crippen molar-refractivity contribution in [2.45, 2.75) is 63.1 Å². The fraction of sp³-hybridized carbons (Fsp3) is 0.667. The van der Waals surface area contributed by atoms with Gasteiger partial charge in [-0.2, -0.15) is 0 Å². The van der Waals surface area contributed by atoms with Crippen LogP contribution in [0.1, 0.15) is 50.7 Å². The van der Waals surface area contributed by atoms with Gasteiger partial charge in [0.15, 0.2) is 0 Å². The van der Waals surface area contributed by atoms with E-state index >= 15 is 0 Å². The molecule has 4 heteroatoms. The van der Waals surface area contributed by atoms with Crippen LogP contribution in [0.5, 0.6) is 0 Å². The molecule has 2 saturated carbocycles. The van der Waals surface area contributed by atoms with Gasteiger partial charge in [0.25, 0.3) is 0 Å². The fourth-order valence-corrected chi connectivity index (χ4v) is 3.04. The Labute approximate surface area is 113 Å². The van der Waals surface area contributed by atoms with Crippen LogP contribution in [0.15, 0.2) is 22.8 Å². The van der Waals surface area contributed by atoms with E-state index in [0.29, 0.717) is 19.0 Å². The van der Waals surface area contributed by atoms with Crippen molar-refractivity contribution in [3.8, 4) is 0 Å². The van der Waals surface area contributed by atoms with Gasteiger partial charge in [-0.1, -0.05) is 12.8 Å². The van der Waals surface area contributed by atoms with Crippen molar-refractivity contribution in [1.29, 1.82) is 0 Å². The van der Waals surface area contributed by atoms with Gasteiger partial charge in [0, 0.05) is 18.0 Å². The van der Waals surface area contributed by atoms with E-state index < -0.39 is 0 Å². The Kier molecular flexibility index (Phi) is 3.35. The maximum atomic E-state index is 12.5. The van der Waals surface area contributed by atoms with E-state index in [-0.39, 0.29) is 11.4 Å². The Bertz CT molecular complexity index is 431. The van der Waals surface area contributed by atoms with Crippen LogP contribution >= 0.6 is 0 Å². The Morgan fingerprint density at radius 3 is 2.74 bits per heavy atom. The van der Waals surface area contributed by atoms with Gasteiger partial charge in [-0.3, -0.25) is 4.79 Å². The first-order valence-electron chi connectivity index (χ1n) is 7.27. The number of amides is 1. The molecule has 1 amide bonds. The van der Waals surface area contributed by atoms with Crippen LogP contribution < -0.4 is 5.73 Å². The normalized spacial score (nSPS) is 21.5. The molecule has 0 aliphatic heterocycles. The van der Waals surface area contributed by atoms with Crippen molar-refractivity contribution >= 4 is 5.91 Å². The molecule has 1 heterocycles. The fourth-order valence-electron chi connectivity index (χ4n) is 3.04. The van der Waals surface area contributed by atoms with Crippen LogP contribution in [0.4, 0.5) is 0 Å². The lowest BCUT2D eigenvalue weighted by Crippen LogP contribution is -2.44. The van der Waals surface area contributed by atoms with Crippen molar-refractivity contribution in [3.05, 3.63) is 24.2 Å². The molecule has 0 spiro atoms. The molecule has 1 aromatic rings. The summed E-state index contributed by atoms with van der Waals surface area (Å²) in [4.78, 5) is 14.5. The lowest BCUT2D eigenvalue weighted by atomic mass is 9.94. The Hall–Kier alpha value is -1.29. The van der Waals surface area contributed by atoms with Gasteiger partial charge in [0.05, 0.1) is 12.8 Å². The van der Waals surface area contributed by atoms with Crippen molar-refractivity contribution < 1.29 is 9.21 Å². The highest BCUT2D eigenvalue weighted by molar-refractivity contribution is 5.78. The van der Waals surface area contributed by atoms with Gasteiger partial charge < -0.3 is 15.1 Å². The van der Waals surface area contributed by atoms with Crippen LogP contribution in [0.25, 0.3) is 0 Å². The van der Waals surface area contributed by atoms with E-state index in [9.17, 15) is 4.79 Å². The van der Waals surface area contributed by atoms with Gasteiger partial charge in [-0.15, -0.1) is 0 Å². The van der Waals surface area contributed by atoms with Gasteiger partial charge in [0.1, 0.15) is 5.76 Å². The number of rotatable bonds is 5. The van der Waals surface area contributed by atoms with E-state index in [0.717, 1.165) is 44.3 Å². The largest absolute Gasteiger partial charge is 0.467 e. The van der Waals surface area contributed by atoms with Gasteiger partial charge in [-0.05, 0) is 37.8 Å². The van der Waals surface area contributed by atoms with Crippen molar-refractivity contribution in [2.75, 3.05) is 0 Å². The lowest BCUT2D eigenvalue weighted by molar-refractivity contribution is -0.134. The first kappa shape index (κ1) is 12.7. The molecular weight excluding hydrogens is 240 g/mol. The molecule has 0 unspecified atom stereocenters. The number of carbonyl (C=O) groups excluding carboxylic acids is 1. The van der Waals surface area contributed by atoms with E-state index in [1.165, 1.54) is 0 Å². The predicted octanol–water partition coefficient (Wildman–Crippen LogP) is 2.43. The van der Waals surface area contributed by atoms with Crippen molar-refractivity contribution in [2.24, 2.45) is 5.73 Å². The average molecular weight is 262 g/mol. The number of carbonyl (C=O) groups is 1. The Morgan fingerprint density at radius 1 is 1.42 bits per heavy atom. The quantitative estimate of drug-likeness (QED) is 0.886. The van der Waals surface area contributed by atoms with E-state index in [4.69, 9.17) is 10.2 Å². The smallest absolute Gasteiger partial charge is 0.225 e. The molecule has 2 fully saturated rings. The van der Waals surface area contributed by atoms with Gasteiger partial charge >= 0.3 is 0 Å². The topological polar surface area (TPSA) is 59.5 Å². The molecule has 104 valence electrons. The summed E-state index contributed by atoms with van der Waals surface area (Å²) in [5.41, 5.74) is 6.06. The maximum absolute atomic E-state index is 12.5. The van der Waals surface area contributed by atoms with Gasteiger partial charge in [-0.25, -0.2) is 0 Å². The second-order valence-corrected chi connectivity index (χ2v) is 6.08. The van der Waals surface area contributed by atoms with E-state index in [1.807, 2.05) is 17.0 Å². The molecule has 19 heavy (non-hydrogen) atoms. The molecule has 1 aromatic heterocycles. The first-order valence-corrected chi connectivity index (χ1v) is 7.27. The number of hydrogen-bond acceptors (Lipinski definition) is 3. The molecule has 0 saturated heterocycles. The summed E-state index contributed by atoms with van der Waals surface area (Å²) < 4.78 is 5.36. The molecule has 2 aliphatic carbocycles. The first-order chi connectivity index (χ1) is 9.16. The third-order valence-electron chi connectivity index (χ3n) is 4.32. The van der Waals surface area contributed by atoms with Gasteiger partial charge in [0.2, 0.25) is 5.91 Å².